The molecule has 180 valence electrons. The van der Waals surface area contributed by atoms with Crippen LogP contribution in [0.15, 0.2) is 42.5 Å². The number of hydrogen-bond acceptors (Lipinski definition) is 6. The third-order valence-electron chi connectivity index (χ3n) is 5.35. The van der Waals surface area contributed by atoms with Gasteiger partial charge in [-0.15, -0.1) is 0 Å². The Hall–Kier alpha value is -3.27. The molecular formula is C23H31N3O6S. The van der Waals surface area contributed by atoms with E-state index in [1.54, 1.807) is 13.0 Å². The summed E-state index contributed by atoms with van der Waals surface area (Å²) in [6.07, 6.45) is 1.01. The second kappa shape index (κ2) is 11.0. The van der Waals surface area contributed by atoms with Gasteiger partial charge in [0.1, 0.15) is 24.1 Å². The Morgan fingerprint density at radius 2 is 1.76 bits per heavy atom. The zero-order valence-electron chi connectivity index (χ0n) is 19.8. The third kappa shape index (κ3) is 6.38. The summed E-state index contributed by atoms with van der Waals surface area (Å²) < 4.78 is 36.8. The first kappa shape index (κ1) is 26.0. The van der Waals surface area contributed by atoms with E-state index in [9.17, 15) is 18.0 Å². The number of nitrogens with zero attached hydrogens (tertiary/aromatic N) is 2. The van der Waals surface area contributed by atoms with Crippen molar-refractivity contribution in [3.63, 3.8) is 0 Å². The van der Waals surface area contributed by atoms with Crippen LogP contribution in [-0.2, 0) is 26.2 Å². The van der Waals surface area contributed by atoms with E-state index in [0.717, 1.165) is 21.7 Å². The van der Waals surface area contributed by atoms with Crippen LogP contribution in [0.2, 0.25) is 0 Å². The summed E-state index contributed by atoms with van der Waals surface area (Å²) in [5.74, 6) is -0.176. The lowest BCUT2D eigenvalue weighted by atomic mass is 10.1. The van der Waals surface area contributed by atoms with Crippen molar-refractivity contribution in [3.8, 4) is 11.5 Å². The largest absolute Gasteiger partial charge is 0.497 e. The zero-order valence-corrected chi connectivity index (χ0v) is 20.6. The minimum atomic E-state index is -3.87. The molecular weight excluding hydrogens is 446 g/mol. The number of ether oxygens (including phenoxy) is 2. The minimum Gasteiger partial charge on any atom is -0.497 e. The number of methoxy groups -OCH3 is 2. The van der Waals surface area contributed by atoms with E-state index in [2.05, 4.69) is 5.32 Å². The van der Waals surface area contributed by atoms with Gasteiger partial charge in [0.25, 0.3) is 0 Å². The number of rotatable bonds is 10. The van der Waals surface area contributed by atoms with Crippen LogP contribution in [-0.4, -0.2) is 65.2 Å². The maximum absolute atomic E-state index is 13.4. The first-order chi connectivity index (χ1) is 15.5. The molecule has 0 fully saturated rings. The molecule has 0 radical (unpaired) electrons. The van der Waals surface area contributed by atoms with E-state index in [0.29, 0.717) is 5.75 Å². The Bertz CT molecular complexity index is 1100. The minimum absolute atomic E-state index is 0.150. The van der Waals surface area contributed by atoms with Gasteiger partial charge in [0.2, 0.25) is 21.8 Å². The van der Waals surface area contributed by atoms with Gasteiger partial charge in [-0.05, 0) is 37.1 Å². The fourth-order valence-corrected chi connectivity index (χ4v) is 4.20. The number of hydrogen-bond donors (Lipinski definition) is 1. The van der Waals surface area contributed by atoms with Crippen molar-refractivity contribution >= 4 is 27.5 Å². The quantitative estimate of drug-likeness (QED) is 0.561. The molecule has 0 aromatic heterocycles. The topological polar surface area (TPSA) is 105 Å². The number of sulfonamides is 1. The van der Waals surface area contributed by atoms with Crippen molar-refractivity contribution in [1.82, 2.24) is 10.2 Å². The first-order valence-electron chi connectivity index (χ1n) is 10.3. The van der Waals surface area contributed by atoms with E-state index >= 15 is 0 Å². The van der Waals surface area contributed by atoms with E-state index in [1.807, 2.05) is 31.2 Å². The Balaban J connectivity index is 2.47. The van der Waals surface area contributed by atoms with Crippen molar-refractivity contribution in [2.45, 2.75) is 26.4 Å². The summed E-state index contributed by atoms with van der Waals surface area (Å²) in [6, 6.07) is 11.3. The molecule has 0 unspecified atom stereocenters. The summed E-state index contributed by atoms with van der Waals surface area (Å²) in [7, 11) is 0.503. The van der Waals surface area contributed by atoms with Crippen LogP contribution in [0.4, 0.5) is 5.69 Å². The predicted molar refractivity (Wildman–Crippen MR) is 127 cm³/mol. The molecule has 10 heteroatoms. The Kier molecular flexibility index (Phi) is 8.69. The summed E-state index contributed by atoms with van der Waals surface area (Å²) >= 11 is 0. The monoisotopic (exact) mass is 477 g/mol. The van der Waals surface area contributed by atoms with Gasteiger partial charge >= 0.3 is 0 Å². The van der Waals surface area contributed by atoms with Gasteiger partial charge in [-0.3, -0.25) is 13.9 Å². The molecule has 9 nitrogen and oxygen atoms in total. The lowest BCUT2D eigenvalue weighted by Crippen LogP contribution is -2.50. The number of carbonyl (C=O) groups excluding carboxylic acids is 2. The van der Waals surface area contributed by atoms with Crippen LogP contribution in [0.25, 0.3) is 0 Å². The zero-order chi connectivity index (χ0) is 24.8. The SMILES string of the molecule is CNC(=O)[C@H](C)N(Cc1ccccc1C)C(=O)CN(c1ccc(OC)cc1OC)S(C)(=O)=O. The molecule has 2 aromatic rings. The number of amides is 2. The number of benzene rings is 2. The maximum atomic E-state index is 13.4. The smallest absolute Gasteiger partial charge is 0.244 e. The maximum Gasteiger partial charge on any atom is 0.244 e. The molecule has 2 aromatic carbocycles. The number of nitrogens with one attached hydrogen (secondary N) is 1. The third-order valence-corrected chi connectivity index (χ3v) is 6.48. The highest BCUT2D eigenvalue weighted by Gasteiger charge is 2.31. The summed E-state index contributed by atoms with van der Waals surface area (Å²) in [5, 5.41) is 2.55. The van der Waals surface area contributed by atoms with E-state index < -0.39 is 28.5 Å². The lowest BCUT2D eigenvalue weighted by Gasteiger charge is -2.32. The summed E-state index contributed by atoms with van der Waals surface area (Å²) in [5.41, 5.74) is 2.00. The van der Waals surface area contributed by atoms with Crippen molar-refractivity contribution in [2.75, 3.05) is 38.4 Å². The van der Waals surface area contributed by atoms with Gasteiger partial charge in [0, 0.05) is 19.7 Å². The van der Waals surface area contributed by atoms with Gasteiger partial charge in [-0.25, -0.2) is 8.42 Å². The van der Waals surface area contributed by atoms with Crippen LogP contribution in [0, 0.1) is 6.92 Å². The van der Waals surface area contributed by atoms with E-state index in [-0.39, 0.29) is 23.9 Å². The highest BCUT2D eigenvalue weighted by Crippen LogP contribution is 2.33. The van der Waals surface area contributed by atoms with Crippen molar-refractivity contribution in [2.24, 2.45) is 0 Å². The molecule has 2 rings (SSSR count). The van der Waals surface area contributed by atoms with E-state index in [4.69, 9.17) is 9.47 Å². The molecule has 0 aliphatic heterocycles. The second-order valence-electron chi connectivity index (χ2n) is 7.55. The number of aryl methyl sites for hydroxylation is 1. The molecule has 2 amide bonds. The summed E-state index contributed by atoms with van der Waals surface area (Å²) in [4.78, 5) is 27.2. The summed E-state index contributed by atoms with van der Waals surface area (Å²) in [6.45, 7) is 3.16. The van der Waals surface area contributed by atoms with Crippen molar-refractivity contribution in [1.29, 1.82) is 0 Å². The average Bonchev–Trinajstić information content (AvgIpc) is 2.79. The van der Waals surface area contributed by atoms with Crippen LogP contribution < -0.4 is 19.1 Å². The molecule has 0 saturated carbocycles. The second-order valence-corrected chi connectivity index (χ2v) is 9.45. The predicted octanol–water partition coefficient (Wildman–Crippen LogP) is 1.94. The van der Waals surface area contributed by atoms with Gasteiger partial charge in [0.15, 0.2) is 0 Å². The van der Waals surface area contributed by atoms with Crippen molar-refractivity contribution in [3.05, 3.63) is 53.6 Å². The standard InChI is InChI=1S/C23H31N3O6S/c1-16-9-7-8-10-18(16)14-25(17(2)23(28)24-3)22(27)15-26(33(6,29)30)20-12-11-19(31-4)13-21(20)32-5/h7-13,17H,14-15H2,1-6H3,(H,24,28)/t17-/m0/s1. The van der Waals surface area contributed by atoms with E-state index in [1.165, 1.54) is 38.3 Å². The number of carbonyl (C=O) groups is 2. The molecule has 0 bridgehead atoms. The molecule has 0 aliphatic carbocycles. The lowest BCUT2D eigenvalue weighted by molar-refractivity contribution is -0.139. The molecule has 0 spiro atoms. The van der Waals surface area contributed by atoms with Crippen LogP contribution >= 0.6 is 0 Å². The molecule has 33 heavy (non-hydrogen) atoms. The molecule has 0 aliphatic rings. The highest BCUT2D eigenvalue weighted by atomic mass is 32.2. The Morgan fingerprint density at radius 1 is 1.09 bits per heavy atom. The molecule has 0 saturated heterocycles. The Morgan fingerprint density at radius 3 is 2.30 bits per heavy atom. The number of likely N-dealkylation sites (N-methyl/N-ethyl adjacent to an activating group) is 1. The number of anilines is 1. The highest BCUT2D eigenvalue weighted by molar-refractivity contribution is 7.92. The first-order valence-corrected chi connectivity index (χ1v) is 12.1. The molecule has 1 N–H and O–H groups in total. The molecule has 0 heterocycles. The van der Waals surface area contributed by atoms with Crippen molar-refractivity contribution < 1.29 is 27.5 Å². The Labute approximate surface area is 195 Å². The van der Waals surface area contributed by atoms with Gasteiger partial charge < -0.3 is 19.7 Å². The van der Waals surface area contributed by atoms with Crippen LogP contribution in [0.5, 0.6) is 11.5 Å². The van der Waals surface area contributed by atoms with Gasteiger partial charge in [-0.2, -0.15) is 0 Å². The molecule has 1 atom stereocenters. The normalized spacial score (nSPS) is 11.9. The van der Waals surface area contributed by atoms with Gasteiger partial charge in [0.05, 0.1) is 26.2 Å². The fourth-order valence-electron chi connectivity index (χ4n) is 3.35. The van der Waals surface area contributed by atoms with Crippen LogP contribution in [0.3, 0.4) is 0 Å². The van der Waals surface area contributed by atoms with Crippen LogP contribution in [0.1, 0.15) is 18.1 Å². The fraction of sp³-hybridized carbons (Fsp3) is 0.391. The average molecular weight is 478 g/mol. The van der Waals surface area contributed by atoms with Gasteiger partial charge in [-0.1, -0.05) is 24.3 Å².